The molecule has 5 aromatic rings. The lowest BCUT2D eigenvalue weighted by Gasteiger charge is -2.13. The van der Waals surface area contributed by atoms with Gasteiger partial charge in [-0.3, -0.25) is 4.79 Å². The molecule has 6 heteroatoms. The molecular weight excluding hydrogens is 434 g/mol. The number of fused-ring (bicyclic) bond motifs is 4. The van der Waals surface area contributed by atoms with E-state index in [0.29, 0.717) is 22.6 Å². The van der Waals surface area contributed by atoms with E-state index in [1.165, 1.54) is 5.56 Å². The quantitative estimate of drug-likeness (QED) is 0.126. The number of rotatable bonds is 8. The van der Waals surface area contributed by atoms with Gasteiger partial charge in [0.05, 0.1) is 0 Å². The topological polar surface area (TPSA) is 67.2 Å². The molecule has 4 aromatic carbocycles. The van der Waals surface area contributed by atoms with Gasteiger partial charge in [0.25, 0.3) is 0 Å². The van der Waals surface area contributed by atoms with E-state index in [0.717, 1.165) is 53.6 Å². The molecule has 0 aliphatic rings. The zero-order valence-corrected chi connectivity index (χ0v) is 18.9. The largest absolute Gasteiger partial charge is 0.453 e. The molecule has 166 valence electrons. The molecule has 0 bridgehead atoms. The first-order valence-corrected chi connectivity index (χ1v) is 11.6. The first-order valence-electron chi connectivity index (χ1n) is 11.1. The molecule has 0 atom stereocenters. The maximum absolute atomic E-state index is 12.2. The van der Waals surface area contributed by atoms with Crippen LogP contribution in [0.4, 0.5) is 11.4 Å². The lowest BCUT2D eigenvalue weighted by molar-refractivity contribution is 0.657. The fraction of sp³-hybridized carbons (Fsp3) is 0.185. The van der Waals surface area contributed by atoms with Gasteiger partial charge in [-0.1, -0.05) is 30.3 Å². The smallest absolute Gasteiger partial charge is 0.179 e. The predicted molar refractivity (Wildman–Crippen MR) is 138 cm³/mol. The fourth-order valence-electron chi connectivity index (χ4n) is 4.03. The third-order valence-electron chi connectivity index (χ3n) is 5.67. The van der Waals surface area contributed by atoms with E-state index in [1.54, 1.807) is 12.1 Å². The maximum atomic E-state index is 12.2. The number of nitrogens with zero attached hydrogens (tertiary/aromatic N) is 1. The summed E-state index contributed by atoms with van der Waals surface area (Å²) < 4.78 is 6.28. The highest BCUT2D eigenvalue weighted by atomic mass is 35.5. The minimum Gasteiger partial charge on any atom is -0.453 e. The van der Waals surface area contributed by atoms with Gasteiger partial charge in [-0.15, -0.1) is 11.6 Å². The van der Waals surface area contributed by atoms with E-state index in [1.807, 2.05) is 48.5 Å². The number of hydrogen-bond acceptors (Lipinski definition) is 5. The SMILES string of the molecule is O=c1ccc2c(NCCc3ccccc3)cc3oc4cc(NCCCCl)ccc4nc3c2c1. The Hall–Kier alpha value is -3.57. The van der Waals surface area contributed by atoms with Crippen molar-refractivity contribution in [3.63, 3.8) is 0 Å². The van der Waals surface area contributed by atoms with Crippen molar-refractivity contribution < 1.29 is 4.42 Å². The molecule has 0 aliphatic carbocycles. The molecule has 0 fully saturated rings. The van der Waals surface area contributed by atoms with Gasteiger partial charge in [-0.05, 0) is 48.7 Å². The van der Waals surface area contributed by atoms with Crippen molar-refractivity contribution in [3.05, 3.63) is 88.6 Å². The molecule has 0 unspecified atom stereocenters. The standard InChI is InChI=1S/C27H24ClN3O2/c28-12-4-13-29-19-7-10-23-25(15-19)33-26-17-24(30-14-11-18-5-2-1-3-6-18)21-9-8-20(32)16-22(21)27(26)31-23/h1-3,5-10,15-17,29-30H,4,11-14H2. The lowest BCUT2D eigenvalue weighted by Crippen LogP contribution is -2.06. The summed E-state index contributed by atoms with van der Waals surface area (Å²) in [7, 11) is 0. The van der Waals surface area contributed by atoms with Crippen LogP contribution in [0.2, 0.25) is 0 Å². The minimum atomic E-state index is -0.0500. The van der Waals surface area contributed by atoms with E-state index in [4.69, 9.17) is 21.0 Å². The number of halogens is 1. The molecule has 0 saturated heterocycles. The Morgan fingerprint density at radius 2 is 1.73 bits per heavy atom. The number of alkyl halides is 1. The van der Waals surface area contributed by atoms with Gasteiger partial charge < -0.3 is 15.1 Å². The maximum Gasteiger partial charge on any atom is 0.179 e. The predicted octanol–water partition coefficient (Wildman–Crippen LogP) is 6.19. The zero-order chi connectivity index (χ0) is 22.6. The summed E-state index contributed by atoms with van der Waals surface area (Å²) in [5.74, 6) is 0.617. The Morgan fingerprint density at radius 3 is 2.58 bits per heavy atom. The van der Waals surface area contributed by atoms with Crippen molar-refractivity contribution in [1.82, 2.24) is 4.98 Å². The second kappa shape index (κ2) is 9.51. The molecule has 0 saturated carbocycles. The summed E-state index contributed by atoms with van der Waals surface area (Å²) in [6.07, 6.45) is 1.78. The van der Waals surface area contributed by atoms with Crippen molar-refractivity contribution in [3.8, 4) is 0 Å². The van der Waals surface area contributed by atoms with Gasteiger partial charge in [0.15, 0.2) is 16.6 Å². The van der Waals surface area contributed by atoms with Crippen LogP contribution in [0.3, 0.4) is 0 Å². The van der Waals surface area contributed by atoms with Crippen LogP contribution in [0.1, 0.15) is 12.0 Å². The molecule has 5 nitrogen and oxygen atoms in total. The molecule has 1 heterocycles. The summed E-state index contributed by atoms with van der Waals surface area (Å²) in [5.41, 5.74) is 5.86. The first kappa shape index (κ1) is 21.3. The van der Waals surface area contributed by atoms with Crippen LogP contribution in [-0.2, 0) is 6.42 Å². The molecule has 0 radical (unpaired) electrons. The summed E-state index contributed by atoms with van der Waals surface area (Å²) in [6.45, 7) is 1.56. The van der Waals surface area contributed by atoms with Gasteiger partial charge in [-0.2, -0.15) is 0 Å². The van der Waals surface area contributed by atoms with Crippen molar-refractivity contribution in [2.45, 2.75) is 12.8 Å². The van der Waals surface area contributed by atoms with Crippen LogP contribution in [0.5, 0.6) is 0 Å². The van der Waals surface area contributed by atoms with Crippen molar-refractivity contribution in [1.29, 1.82) is 0 Å². The Bertz CT molecular complexity index is 1480. The van der Waals surface area contributed by atoms with Crippen molar-refractivity contribution in [2.24, 2.45) is 0 Å². The van der Waals surface area contributed by atoms with Crippen molar-refractivity contribution >= 4 is 55.9 Å². The second-order valence-corrected chi connectivity index (χ2v) is 8.38. The van der Waals surface area contributed by atoms with E-state index in [2.05, 4.69) is 22.8 Å². The van der Waals surface area contributed by atoms with Crippen LogP contribution in [0.15, 0.2) is 82.0 Å². The van der Waals surface area contributed by atoms with Gasteiger partial charge in [0.2, 0.25) is 0 Å². The molecule has 1 aromatic heterocycles. The molecule has 0 amide bonds. The van der Waals surface area contributed by atoms with Crippen LogP contribution in [0.25, 0.3) is 33.0 Å². The van der Waals surface area contributed by atoms with E-state index in [9.17, 15) is 4.79 Å². The number of nitrogens with one attached hydrogen (secondary N) is 2. The van der Waals surface area contributed by atoms with E-state index in [-0.39, 0.29) is 5.43 Å². The zero-order valence-electron chi connectivity index (χ0n) is 18.1. The average Bonchev–Trinajstić information content (AvgIpc) is 2.84. The lowest BCUT2D eigenvalue weighted by atomic mass is 10.1. The Labute approximate surface area is 196 Å². The average molecular weight is 458 g/mol. The number of benzene rings is 4. The number of anilines is 2. The monoisotopic (exact) mass is 457 g/mol. The van der Waals surface area contributed by atoms with Gasteiger partial charge in [-0.25, -0.2) is 4.98 Å². The molecule has 0 spiro atoms. The number of aromatic nitrogens is 1. The molecular formula is C27H24ClN3O2. The summed E-state index contributed by atoms with van der Waals surface area (Å²) in [6, 6.07) is 23.3. The van der Waals surface area contributed by atoms with Gasteiger partial charge in [0.1, 0.15) is 11.0 Å². The summed E-state index contributed by atoms with van der Waals surface area (Å²) >= 11 is 5.78. The molecule has 0 aliphatic heterocycles. The highest BCUT2D eigenvalue weighted by Gasteiger charge is 2.12. The highest BCUT2D eigenvalue weighted by Crippen LogP contribution is 2.32. The van der Waals surface area contributed by atoms with Crippen LogP contribution in [0, 0.1) is 0 Å². The summed E-state index contributed by atoms with van der Waals surface area (Å²) in [4.78, 5) is 17.0. The summed E-state index contributed by atoms with van der Waals surface area (Å²) in [5, 5.41) is 8.62. The molecule has 33 heavy (non-hydrogen) atoms. The molecule has 2 N–H and O–H groups in total. The normalized spacial score (nSPS) is 11.3. The van der Waals surface area contributed by atoms with Crippen LogP contribution in [-0.4, -0.2) is 24.0 Å². The number of hydrogen-bond donors (Lipinski definition) is 2. The minimum absolute atomic E-state index is 0.0500. The third-order valence-corrected chi connectivity index (χ3v) is 5.94. The second-order valence-electron chi connectivity index (χ2n) is 8.01. The van der Waals surface area contributed by atoms with Gasteiger partial charge >= 0.3 is 0 Å². The fourth-order valence-corrected chi connectivity index (χ4v) is 4.16. The van der Waals surface area contributed by atoms with Crippen molar-refractivity contribution in [2.75, 3.05) is 29.6 Å². The Morgan fingerprint density at radius 1 is 0.848 bits per heavy atom. The van der Waals surface area contributed by atoms with Crippen LogP contribution >= 0.6 is 11.6 Å². The Balaban J connectivity index is 1.55. The Kier molecular flexibility index (Phi) is 6.13. The molecule has 5 rings (SSSR count). The third kappa shape index (κ3) is 4.64. The van der Waals surface area contributed by atoms with Crippen LogP contribution < -0.4 is 16.1 Å². The van der Waals surface area contributed by atoms with E-state index < -0.39 is 0 Å². The van der Waals surface area contributed by atoms with Gasteiger partial charge in [0, 0.05) is 53.2 Å². The van der Waals surface area contributed by atoms with E-state index >= 15 is 0 Å². The first-order chi connectivity index (χ1) is 16.2. The highest BCUT2D eigenvalue weighted by molar-refractivity contribution is 6.17.